The molecule has 1 N–H and O–H groups in total. The molecule has 2 nitrogen and oxygen atoms in total. The SMILES string of the molecule is CNC(Cc1cncc(Br)c1)c1ccc(Cl)s1. The van der Waals surface area contributed by atoms with E-state index in [-0.39, 0.29) is 6.04 Å². The second-order valence-corrected chi connectivity index (χ2v) is 6.36. The average Bonchev–Trinajstić information content (AvgIpc) is 2.73. The van der Waals surface area contributed by atoms with Crippen molar-refractivity contribution in [2.45, 2.75) is 12.5 Å². The van der Waals surface area contributed by atoms with Gasteiger partial charge in [0.05, 0.1) is 4.34 Å². The first-order chi connectivity index (χ1) is 8.19. The smallest absolute Gasteiger partial charge is 0.0931 e. The highest BCUT2D eigenvalue weighted by Gasteiger charge is 2.12. The summed E-state index contributed by atoms with van der Waals surface area (Å²) in [6.07, 6.45) is 4.59. The third kappa shape index (κ3) is 3.52. The molecule has 2 rings (SSSR count). The maximum atomic E-state index is 5.96. The lowest BCUT2D eigenvalue weighted by atomic mass is 10.1. The van der Waals surface area contributed by atoms with Gasteiger partial charge in [0.15, 0.2) is 0 Å². The van der Waals surface area contributed by atoms with Crippen molar-refractivity contribution >= 4 is 38.9 Å². The van der Waals surface area contributed by atoms with Gasteiger partial charge in [0.2, 0.25) is 0 Å². The van der Waals surface area contributed by atoms with Crippen LogP contribution in [0, 0.1) is 0 Å². The molecular formula is C12H12BrClN2S. The fourth-order valence-corrected chi connectivity index (χ4v) is 3.25. The second-order valence-electron chi connectivity index (χ2n) is 3.70. The van der Waals surface area contributed by atoms with Gasteiger partial charge in [-0.3, -0.25) is 4.98 Å². The predicted molar refractivity (Wildman–Crippen MR) is 76.8 cm³/mol. The quantitative estimate of drug-likeness (QED) is 0.914. The van der Waals surface area contributed by atoms with Gasteiger partial charge in [0, 0.05) is 27.8 Å². The Labute approximate surface area is 118 Å². The van der Waals surface area contributed by atoms with Crippen LogP contribution in [0.25, 0.3) is 0 Å². The van der Waals surface area contributed by atoms with Gasteiger partial charge in [-0.25, -0.2) is 0 Å². The van der Waals surface area contributed by atoms with Gasteiger partial charge in [0.25, 0.3) is 0 Å². The van der Waals surface area contributed by atoms with Crippen molar-refractivity contribution in [3.63, 3.8) is 0 Å². The molecule has 0 aliphatic rings. The Morgan fingerprint density at radius 2 is 2.29 bits per heavy atom. The number of likely N-dealkylation sites (N-methyl/N-ethyl adjacent to an activating group) is 1. The van der Waals surface area contributed by atoms with Crippen LogP contribution in [0.15, 0.2) is 35.1 Å². The van der Waals surface area contributed by atoms with E-state index in [0.717, 1.165) is 15.2 Å². The minimum Gasteiger partial charge on any atom is -0.312 e. The van der Waals surface area contributed by atoms with Crippen molar-refractivity contribution < 1.29 is 0 Å². The number of hydrogen-bond donors (Lipinski definition) is 1. The van der Waals surface area contributed by atoms with Gasteiger partial charge in [0.1, 0.15) is 0 Å². The first kappa shape index (κ1) is 13.0. The molecular weight excluding hydrogens is 320 g/mol. The first-order valence-electron chi connectivity index (χ1n) is 5.21. The summed E-state index contributed by atoms with van der Waals surface area (Å²) in [6, 6.07) is 6.38. The Balaban J connectivity index is 2.15. The highest BCUT2D eigenvalue weighted by Crippen LogP contribution is 2.29. The summed E-state index contributed by atoms with van der Waals surface area (Å²) < 4.78 is 1.83. The summed E-state index contributed by atoms with van der Waals surface area (Å²) in [5.74, 6) is 0. The van der Waals surface area contributed by atoms with E-state index in [1.807, 2.05) is 19.3 Å². The van der Waals surface area contributed by atoms with Gasteiger partial charge in [-0.2, -0.15) is 0 Å². The molecule has 0 aliphatic heterocycles. The number of pyridine rings is 1. The van der Waals surface area contributed by atoms with Crippen LogP contribution in [0.4, 0.5) is 0 Å². The molecule has 90 valence electrons. The molecule has 0 fully saturated rings. The third-order valence-electron chi connectivity index (χ3n) is 2.49. The summed E-state index contributed by atoms with van der Waals surface area (Å²) in [5, 5.41) is 3.31. The van der Waals surface area contributed by atoms with Gasteiger partial charge in [-0.05, 0) is 53.2 Å². The monoisotopic (exact) mass is 330 g/mol. The van der Waals surface area contributed by atoms with Crippen molar-refractivity contribution in [1.29, 1.82) is 0 Å². The van der Waals surface area contributed by atoms with Crippen LogP contribution in [0.3, 0.4) is 0 Å². The van der Waals surface area contributed by atoms with Gasteiger partial charge in [-0.15, -0.1) is 11.3 Å². The Morgan fingerprint density at radius 3 is 2.88 bits per heavy atom. The maximum Gasteiger partial charge on any atom is 0.0931 e. The van der Waals surface area contributed by atoms with E-state index in [4.69, 9.17) is 11.6 Å². The molecule has 1 atom stereocenters. The van der Waals surface area contributed by atoms with E-state index in [2.05, 4.69) is 38.4 Å². The number of nitrogens with zero attached hydrogens (tertiary/aromatic N) is 1. The fraction of sp³-hybridized carbons (Fsp3) is 0.250. The number of aromatic nitrogens is 1. The predicted octanol–water partition coefficient (Wildman–Crippen LogP) is 4.06. The van der Waals surface area contributed by atoms with Gasteiger partial charge >= 0.3 is 0 Å². The Hall–Kier alpha value is -0.420. The number of thiophene rings is 1. The third-order valence-corrected chi connectivity index (χ3v) is 4.27. The topological polar surface area (TPSA) is 24.9 Å². The fourth-order valence-electron chi connectivity index (χ4n) is 1.66. The van der Waals surface area contributed by atoms with E-state index < -0.39 is 0 Å². The number of rotatable bonds is 4. The lowest BCUT2D eigenvalue weighted by Crippen LogP contribution is -2.17. The largest absolute Gasteiger partial charge is 0.312 e. The molecule has 2 aromatic heterocycles. The second kappa shape index (κ2) is 5.96. The van der Waals surface area contributed by atoms with E-state index >= 15 is 0 Å². The highest BCUT2D eigenvalue weighted by molar-refractivity contribution is 9.10. The molecule has 0 bridgehead atoms. The normalized spacial score (nSPS) is 12.6. The molecule has 2 aromatic rings. The zero-order valence-corrected chi connectivity index (χ0v) is 12.4. The molecule has 0 spiro atoms. The molecule has 1 unspecified atom stereocenters. The van der Waals surface area contributed by atoms with E-state index in [1.165, 1.54) is 10.4 Å². The molecule has 0 radical (unpaired) electrons. The van der Waals surface area contributed by atoms with Crippen LogP contribution in [-0.2, 0) is 6.42 Å². The van der Waals surface area contributed by atoms with Gasteiger partial charge < -0.3 is 5.32 Å². The molecule has 5 heteroatoms. The zero-order chi connectivity index (χ0) is 12.3. The number of halogens is 2. The Bertz CT molecular complexity index is 501. The Kier molecular flexibility index (Phi) is 4.56. The van der Waals surface area contributed by atoms with E-state index in [0.29, 0.717) is 0 Å². The summed E-state index contributed by atoms with van der Waals surface area (Å²) in [6.45, 7) is 0. The summed E-state index contributed by atoms with van der Waals surface area (Å²) in [4.78, 5) is 5.42. The van der Waals surface area contributed by atoms with Crippen molar-refractivity contribution in [3.8, 4) is 0 Å². The van der Waals surface area contributed by atoms with E-state index in [9.17, 15) is 0 Å². The average molecular weight is 332 g/mol. The van der Waals surface area contributed by atoms with Crippen molar-refractivity contribution in [3.05, 3.63) is 49.8 Å². The molecule has 0 amide bonds. The van der Waals surface area contributed by atoms with Crippen LogP contribution in [-0.4, -0.2) is 12.0 Å². The minimum absolute atomic E-state index is 0.281. The summed E-state index contributed by atoms with van der Waals surface area (Å²) in [7, 11) is 1.96. The molecule has 0 saturated carbocycles. The highest BCUT2D eigenvalue weighted by atomic mass is 79.9. The maximum absolute atomic E-state index is 5.96. The lowest BCUT2D eigenvalue weighted by molar-refractivity contribution is 0.601. The van der Waals surface area contributed by atoms with Crippen molar-refractivity contribution in [1.82, 2.24) is 10.3 Å². The molecule has 2 heterocycles. The van der Waals surface area contributed by atoms with Crippen LogP contribution >= 0.6 is 38.9 Å². The van der Waals surface area contributed by atoms with Crippen molar-refractivity contribution in [2.24, 2.45) is 0 Å². The zero-order valence-electron chi connectivity index (χ0n) is 9.28. The lowest BCUT2D eigenvalue weighted by Gasteiger charge is -2.14. The number of hydrogen-bond acceptors (Lipinski definition) is 3. The standard InChI is InChI=1S/C12H12BrClN2S/c1-15-10(11-2-3-12(14)17-11)5-8-4-9(13)7-16-6-8/h2-4,6-7,10,15H,5H2,1H3. The molecule has 0 aromatic carbocycles. The van der Waals surface area contributed by atoms with Gasteiger partial charge in [-0.1, -0.05) is 11.6 Å². The Morgan fingerprint density at radius 1 is 1.47 bits per heavy atom. The van der Waals surface area contributed by atoms with Crippen LogP contribution in [0.2, 0.25) is 4.34 Å². The number of nitrogens with one attached hydrogen (secondary N) is 1. The van der Waals surface area contributed by atoms with Crippen LogP contribution in [0.1, 0.15) is 16.5 Å². The first-order valence-corrected chi connectivity index (χ1v) is 7.19. The molecule has 17 heavy (non-hydrogen) atoms. The van der Waals surface area contributed by atoms with Crippen LogP contribution in [0.5, 0.6) is 0 Å². The minimum atomic E-state index is 0.281. The summed E-state index contributed by atoms with van der Waals surface area (Å²) >= 11 is 11.0. The molecule has 0 saturated heterocycles. The van der Waals surface area contributed by atoms with Crippen molar-refractivity contribution in [2.75, 3.05) is 7.05 Å². The molecule has 0 aliphatic carbocycles. The van der Waals surface area contributed by atoms with Crippen LogP contribution < -0.4 is 5.32 Å². The summed E-state index contributed by atoms with van der Waals surface area (Å²) in [5.41, 5.74) is 1.20. The van der Waals surface area contributed by atoms with E-state index in [1.54, 1.807) is 17.5 Å².